The maximum Gasteiger partial charge on any atom is 0.267 e. The SMILES string of the molecule is O=C(Nc1cccc(CBr)c1)c1cncs1. The van der Waals surface area contributed by atoms with Crippen molar-refractivity contribution in [2.75, 3.05) is 5.32 Å². The van der Waals surface area contributed by atoms with Gasteiger partial charge in [-0.15, -0.1) is 11.3 Å². The lowest BCUT2D eigenvalue weighted by molar-refractivity contribution is 0.103. The van der Waals surface area contributed by atoms with E-state index in [1.54, 1.807) is 11.7 Å². The average Bonchev–Trinajstić information content (AvgIpc) is 2.83. The zero-order valence-corrected chi connectivity index (χ0v) is 10.7. The minimum atomic E-state index is -0.116. The molecule has 1 aromatic heterocycles. The molecule has 3 nitrogen and oxygen atoms in total. The van der Waals surface area contributed by atoms with Gasteiger partial charge in [0.1, 0.15) is 4.88 Å². The molecule has 0 aliphatic heterocycles. The molecule has 0 fully saturated rings. The monoisotopic (exact) mass is 296 g/mol. The third-order valence-electron chi connectivity index (χ3n) is 2.00. The van der Waals surface area contributed by atoms with Crippen LogP contribution in [-0.4, -0.2) is 10.9 Å². The second-order valence-electron chi connectivity index (χ2n) is 3.15. The molecule has 82 valence electrons. The predicted molar refractivity (Wildman–Crippen MR) is 69.1 cm³/mol. The summed E-state index contributed by atoms with van der Waals surface area (Å²) in [5, 5.41) is 3.60. The molecule has 0 saturated heterocycles. The molecule has 2 rings (SSSR count). The number of rotatable bonds is 3. The lowest BCUT2D eigenvalue weighted by atomic mass is 10.2. The molecule has 2 aromatic rings. The summed E-state index contributed by atoms with van der Waals surface area (Å²) in [6.07, 6.45) is 1.56. The van der Waals surface area contributed by atoms with Crippen LogP contribution in [0.5, 0.6) is 0 Å². The van der Waals surface area contributed by atoms with E-state index < -0.39 is 0 Å². The quantitative estimate of drug-likeness (QED) is 0.883. The van der Waals surface area contributed by atoms with E-state index in [1.807, 2.05) is 24.3 Å². The molecule has 1 heterocycles. The number of carbonyl (C=O) groups excluding carboxylic acids is 1. The van der Waals surface area contributed by atoms with Crippen molar-refractivity contribution in [3.05, 3.63) is 46.4 Å². The molecule has 0 aliphatic carbocycles. The summed E-state index contributed by atoms with van der Waals surface area (Å²) in [5.74, 6) is -0.116. The largest absolute Gasteiger partial charge is 0.321 e. The number of halogens is 1. The summed E-state index contributed by atoms with van der Waals surface area (Å²) < 4.78 is 0. The summed E-state index contributed by atoms with van der Waals surface area (Å²) in [6, 6.07) is 7.72. The number of thiazole rings is 1. The lowest BCUT2D eigenvalue weighted by Crippen LogP contribution is -2.10. The van der Waals surface area contributed by atoms with Crippen LogP contribution < -0.4 is 5.32 Å². The van der Waals surface area contributed by atoms with Crippen molar-refractivity contribution in [1.29, 1.82) is 0 Å². The fourth-order valence-electron chi connectivity index (χ4n) is 1.25. The smallest absolute Gasteiger partial charge is 0.267 e. The molecule has 5 heteroatoms. The van der Waals surface area contributed by atoms with Crippen LogP contribution >= 0.6 is 27.3 Å². The van der Waals surface area contributed by atoms with Gasteiger partial charge in [0.25, 0.3) is 5.91 Å². The van der Waals surface area contributed by atoms with Crippen LogP contribution in [0.25, 0.3) is 0 Å². The Morgan fingerprint density at radius 1 is 1.50 bits per heavy atom. The molecule has 0 saturated carbocycles. The van der Waals surface area contributed by atoms with Gasteiger partial charge >= 0.3 is 0 Å². The van der Waals surface area contributed by atoms with Crippen molar-refractivity contribution in [3.8, 4) is 0 Å². The predicted octanol–water partition coefficient (Wildman–Crippen LogP) is 3.29. The van der Waals surface area contributed by atoms with E-state index in [2.05, 4.69) is 26.2 Å². The Labute approximate surface area is 106 Å². The normalized spacial score (nSPS) is 10.1. The minimum Gasteiger partial charge on any atom is -0.321 e. The maximum atomic E-state index is 11.7. The van der Waals surface area contributed by atoms with Crippen LogP contribution in [-0.2, 0) is 5.33 Å². The highest BCUT2D eigenvalue weighted by molar-refractivity contribution is 9.08. The summed E-state index contributed by atoms with van der Waals surface area (Å²) in [4.78, 5) is 16.2. The Balaban J connectivity index is 2.12. The number of hydrogen-bond acceptors (Lipinski definition) is 3. The molecular weight excluding hydrogens is 288 g/mol. The number of nitrogens with zero attached hydrogens (tertiary/aromatic N) is 1. The Morgan fingerprint density at radius 2 is 2.38 bits per heavy atom. The van der Waals surface area contributed by atoms with Gasteiger partial charge in [-0.1, -0.05) is 28.1 Å². The molecule has 1 N–H and O–H groups in total. The number of anilines is 1. The van der Waals surface area contributed by atoms with Crippen molar-refractivity contribution in [2.24, 2.45) is 0 Å². The highest BCUT2D eigenvalue weighted by Gasteiger charge is 2.07. The van der Waals surface area contributed by atoms with Gasteiger partial charge in [-0.05, 0) is 17.7 Å². The van der Waals surface area contributed by atoms with Crippen molar-refractivity contribution < 1.29 is 4.79 Å². The molecule has 1 amide bonds. The fourth-order valence-corrected chi connectivity index (χ4v) is 2.12. The van der Waals surface area contributed by atoms with E-state index in [4.69, 9.17) is 0 Å². The second kappa shape index (κ2) is 5.23. The number of alkyl halides is 1. The molecule has 0 spiro atoms. The lowest BCUT2D eigenvalue weighted by Gasteiger charge is -2.04. The van der Waals surface area contributed by atoms with Gasteiger partial charge in [-0.3, -0.25) is 9.78 Å². The van der Waals surface area contributed by atoms with Crippen LogP contribution in [0.4, 0.5) is 5.69 Å². The topological polar surface area (TPSA) is 42.0 Å². The summed E-state index contributed by atoms with van der Waals surface area (Å²) in [6.45, 7) is 0. The molecule has 0 atom stereocenters. The zero-order chi connectivity index (χ0) is 11.4. The van der Waals surface area contributed by atoms with Gasteiger partial charge < -0.3 is 5.32 Å². The van der Waals surface area contributed by atoms with Crippen molar-refractivity contribution in [3.63, 3.8) is 0 Å². The first kappa shape index (κ1) is 11.3. The zero-order valence-electron chi connectivity index (χ0n) is 8.31. The standard InChI is InChI=1S/C11H9BrN2OS/c12-5-8-2-1-3-9(4-8)14-11(15)10-6-13-7-16-10/h1-4,6-7H,5H2,(H,14,15). The van der Waals surface area contributed by atoms with E-state index in [0.717, 1.165) is 16.6 Å². The Bertz CT molecular complexity index is 484. The highest BCUT2D eigenvalue weighted by atomic mass is 79.9. The van der Waals surface area contributed by atoms with Gasteiger partial charge in [-0.2, -0.15) is 0 Å². The van der Waals surface area contributed by atoms with Gasteiger partial charge in [0.15, 0.2) is 0 Å². The van der Waals surface area contributed by atoms with Crippen LogP contribution in [0.1, 0.15) is 15.2 Å². The maximum absolute atomic E-state index is 11.7. The molecule has 0 radical (unpaired) electrons. The molecule has 16 heavy (non-hydrogen) atoms. The first-order valence-corrected chi connectivity index (χ1v) is 6.64. The molecule has 0 aliphatic rings. The van der Waals surface area contributed by atoms with E-state index in [1.165, 1.54) is 11.3 Å². The van der Waals surface area contributed by atoms with E-state index in [0.29, 0.717) is 4.88 Å². The number of nitrogens with one attached hydrogen (secondary N) is 1. The Hall–Kier alpha value is -1.20. The number of carbonyl (C=O) groups is 1. The highest BCUT2D eigenvalue weighted by Crippen LogP contribution is 2.15. The average molecular weight is 297 g/mol. The third kappa shape index (κ3) is 2.68. The Morgan fingerprint density at radius 3 is 3.06 bits per heavy atom. The first-order chi connectivity index (χ1) is 7.79. The van der Waals surface area contributed by atoms with Crippen LogP contribution in [0.2, 0.25) is 0 Å². The van der Waals surface area contributed by atoms with Crippen LogP contribution in [0.3, 0.4) is 0 Å². The van der Waals surface area contributed by atoms with Gasteiger partial charge in [0, 0.05) is 11.0 Å². The third-order valence-corrected chi connectivity index (χ3v) is 3.41. The molecule has 0 bridgehead atoms. The van der Waals surface area contributed by atoms with E-state index >= 15 is 0 Å². The minimum absolute atomic E-state index is 0.116. The number of benzene rings is 1. The van der Waals surface area contributed by atoms with Crippen molar-refractivity contribution in [2.45, 2.75) is 5.33 Å². The van der Waals surface area contributed by atoms with E-state index in [9.17, 15) is 4.79 Å². The second-order valence-corrected chi connectivity index (χ2v) is 4.60. The van der Waals surface area contributed by atoms with Gasteiger partial charge in [0.2, 0.25) is 0 Å². The van der Waals surface area contributed by atoms with Crippen LogP contribution in [0, 0.1) is 0 Å². The molecule has 0 unspecified atom stereocenters. The number of amides is 1. The summed E-state index contributed by atoms with van der Waals surface area (Å²) in [7, 11) is 0. The first-order valence-electron chi connectivity index (χ1n) is 4.64. The summed E-state index contributed by atoms with van der Waals surface area (Å²) in [5.41, 5.74) is 3.57. The number of hydrogen-bond donors (Lipinski definition) is 1. The molecule has 1 aromatic carbocycles. The van der Waals surface area contributed by atoms with E-state index in [-0.39, 0.29) is 5.91 Å². The van der Waals surface area contributed by atoms with Crippen molar-refractivity contribution >= 4 is 38.9 Å². The summed E-state index contributed by atoms with van der Waals surface area (Å²) >= 11 is 4.70. The number of aromatic nitrogens is 1. The van der Waals surface area contributed by atoms with Crippen molar-refractivity contribution in [1.82, 2.24) is 4.98 Å². The molecular formula is C11H9BrN2OS. The van der Waals surface area contributed by atoms with Crippen LogP contribution in [0.15, 0.2) is 36.0 Å². The van der Waals surface area contributed by atoms with Gasteiger partial charge in [0.05, 0.1) is 11.7 Å². The van der Waals surface area contributed by atoms with Gasteiger partial charge in [-0.25, -0.2) is 0 Å². The Kier molecular flexibility index (Phi) is 3.69. The fraction of sp³-hybridized carbons (Fsp3) is 0.0909.